The van der Waals surface area contributed by atoms with Gasteiger partial charge in [-0.15, -0.1) is 0 Å². The van der Waals surface area contributed by atoms with Gasteiger partial charge in [0.25, 0.3) is 0 Å². The standard InChI is InChI=1S/C17H18ClFN2O3/c1-23-15-6-3-11(7-16(15)24-2)9-21-17(22)10-20-14-5-4-12(18)8-13(14)19/h3-8,20H,9-10H2,1-2H3,(H,21,22). The molecule has 0 aliphatic heterocycles. The number of anilines is 1. The molecular formula is C17H18ClFN2O3. The summed E-state index contributed by atoms with van der Waals surface area (Å²) >= 11 is 5.68. The van der Waals surface area contributed by atoms with Gasteiger partial charge in [0.1, 0.15) is 5.82 Å². The van der Waals surface area contributed by atoms with Crippen LogP contribution >= 0.6 is 11.6 Å². The molecule has 0 saturated carbocycles. The van der Waals surface area contributed by atoms with Gasteiger partial charge in [-0.2, -0.15) is 0 Å². The number of carbonyl (C=O) groups excluding carboxylic acids is 1. The molecule has 2 aromatic carbocycles. The predicted molar refractivity (Wildman–Crippen MR) is 91.3 cm³/mol. The van der Waals surface area contributed by atoms with E-state index >= 15 is 0 Å². The molecule has 0 aliphatic carbocycles. The van der Waals surface area contributed by atoms with Crippen LogP contribution in [0, 0.1) is 5.82 Å². The van der Waals surface area contributed by atoms with Crippen LogP contribution in [0.25, 0.3) is 0 Å². The molecular weight excluding hydrogens is 335 g/mol. The van der Waals surface area contributed by atoms with Gasteiger partial charge < -0.3 is 20.1 Å². The van der Waals surface area contributed by atoms with Gasteiger partial charge >= 0.3 is 0 Å². The number of halogens is 2. The first kappa shape index (κ1) is 17.9. The Kier molecular flexibility index (Phi) is 6.26. The van der Waals surface area contributed by atoms with E-state index < -0.39 is 5.82 Å². The van der Waals surface area contributed by atoms with Crippen LogP contribution in [0.3, 0.4) is 0 Å². The van der Waals surface area contributed by atoms with Gasteiger partial charge in [0.15, 0.2) is 11.5 Å². The number of amides is 1. The highest BCUT2D eigenvalue weighted by atomic mass is 35.5. The van der Waals surface area contributed by atoms with Crippen LogP contribution in [-0.4, -0.2) is 26.7 Å². The third kappa shape index (κ3) is 4.76. The summed E-state index contributed by atoms with van der Waals surface area (Å²) in [5, 5.41) is 5.77. The summed E-state index contributed by atoms with van der Waals surface area (Å²) in [6.07, 6.45) is 0. The van der Waals surface area contributed by atoms with Crippen LogP contribution in [-0.2, 0) is 11.3 Å². The SMILES string of the molecule is COc1ccc(CNC(=O)CNc2ccc(Cl)cc2F)cc1OC. The Bertz CT molecular complexity index is 725. The second kappa shape index (κ2) is 8.40. The fourth-order valence-electron chi connectivity index (χ4n) is 2.06. The largest absolute Gasteiger partial charge is 0.493 e. The van der Waals surface area contributed by atoms with Crippen LogP contribution < -0.4 is 20.1 Å². The quantitative estimate of drug-likeness (QED) is 0.803. The molecule has 0 spiro atoms. The van der Waals surface area contributed by atoms with E-state index in [1.54, 1.807) is 32.4 Å². The highest BCUT2D eigenvalue weighted by molar-refractivity contribution is 6.30. The number of hydrogen-bond acceptors (Lipinski definition) is 4. The highest BCUT2D eigenvalue weighted by Crippen LogP contribution is 2.27. The van der Waals surface area contributed by atoms with Crippen molar-refractivity contribution >= 4 is 23.2 Å². The first-order valence-electron chi connectivity index (χ1n) is 7.20. The summed E-state index contributed by atoms with van der Waals surface area (Å²) < 4.78 is 24.0. The van der Waals surface area contributed by atoms with Crippen molar-refractivity contribution in [1.82, 2.24) is 5.32 Å². The minimum absolute atomic E-state index is 0.0498. The third-order valence-corrected chi connectivity index (χ3v) is 3.54. The lowest BCUT2D eigenvalue weighted by Crippen LogP contribution is -2.29. The van der Waals surface area contributed by atoms with Crippen molar-refractivity contribution in [3.8, 4) is 11.5 Å². The molecule has 0 aliphatic rings. The molecule has 24 heavy (non-hydrogen) atoms. The van der Waals surface area contributed by atoms with Crippen molar-refractivity contribution in [2.75, 3.05) is 26.1 Å². The van der Waals surface area contributed by atoms with Crippen molar-refractivity contribution in [1.29, 1.82) is 0 Å². The van der Waals surface area contributed by atoms with E-state index in [1.165, 1.54) is 12.1 Å². The lowest BCUT2D eigenvalue weighted by Gasteiger charge is -2.11. The van der Waals surface area contributed by atoms with E-state index in [0.717, 1.165) is 5.56 Å². The second-order valence-corrected chi connectivity index (χ2v) is 5.38. The highest BCUT2D eigenvalue weighted by Gasteiger charge is 2.08. The van der Waals surface area contributed by atoms with Crippen molar-refractivity contribution < 1.29 is 18.7 Å². The zero-order valence-corrected chi connectivity index (χ0v) is 14.1. The maximum absolute atomic E-state index is 13.6. The number of ether oxygens (including phenoxy) is 2. The van der Waals surface area contributed by atoms with Crippen LogP contribution in [0.1, 0.15) is 5.56 Å². The normalized spacial score (nSPS) is 10.2. The molecule has 2 aromatic rings. The number of rotatable bonds is 7. The van der Waals surface area contributed by atoms with Gasteiger partial charge in [-0.25, -0.2) is 4.39 Å². The lowest BCUT2D eigenvalue weighted by molar-refractivity contribution is -0.119. The average Bonchev–Trinajstić information content (AvgIpc) is 2.58. The summed E-state index contributed by atoms with van der Waals surface area (Å²) in [7, 11) is 3.10. The van der Waals surface area contributed by atoms with Crippen molar-refractivity contribution in [3.05, 3.63) is 52.8 Å². The summed E-state index contributed by atoms with van der Waals surface area (Å²) in [6.45, 7) is 0.274. The van der Waals surface area contributed by atoms with E-state index in [9.17, 15) is 9.18 Å². The maximum Gasteiger partial charge on any atom is 0.239 e. The first-order chi connectivity index (χ1) is 11.5. The number of carbonyl (C=O) groups is 1. The molecule has 5 nitrogen and oxygen atoms in total. The van der Waals surface area contributed by atoms with Gasteiger partial charge in [-0.1, -0.05) is 17.7 Å². The van der Waals surface area contributed by atoms with Gasteiger partial charge in [-0.3, -0.25) is 4.79 Å². The summed E-state index contributed by atoms with van der Waals surface area (Å²) in [6, 6.07) is 9.60. The fourth-order valence-corrected chi connectivity index (χ4v) is 2.22. The molecule has 2 rings (SSSR count). The smallest absolute Gasteiger partial charge is 0.239 e. The Morgan fingerprint density at radius 3 is 2.54 bits per heavy atom. The van der Waals surface area contributed by atoms with Gasteiger partial charge in [0.2, 0.25) is 5.91 Å². The monoisotopic (exact) mass is 352 g/mol. The molecule has 1 amide bonds. The van der Waals surface area contributed by atoms with Crippen molar-refractivity contribution in [2.45, 2.75) is 6.54 Å². The molecule has 2 N–H and O–H groups in total. The lowest BCUT2D eigenvalue weighted by atomic mass is 10.2. The molecule has 0 unspecified atom stereocenters. The van der Waals surface area contributed by atoms with Crippen LogP contribution in [0.4, 0.5) is 10.1 Å². The zero-order chi connectivity index (χ0) is 17.5. The first-order valence-corrected chi connectivity index (χ1v) is 7.58. The van der Waals surface area contributed by atoms with Gasteiger partial charge in [0.05, 0.1) is 26.5 Å². The zero-order valence-electron chi connectivity index (χ0n) is 13.4. The molecule has 0 fully saturated rings. The Labute approximate surface area is 144 Å². The van der Waals surface area contributed by atoms with E-state index in [2.05, 4.69) is 10.6 Å². The molecule has 128 valence electrons. The Morgan fingerprint density at radius 2 is 1.88 bits per heavy atom. The molecule has 0 aromatic heterocycles. The van der Waals surface area contributed by atoms with E-state index in [1.807, 2.05) is 6.07 Å². The van der Waals surface area contributed by atoms with Crippen molar-refractivity contribution in [2.24, 2.45) is 0 Å². The topological polar surface area (TPSA) is 59.6 Å². The van der Waals surface area contributed by atoms with Crippen LogP contribution in [0.15, 0.2) is 36.4 Å². The molecule has 0 atom stereocenters. The fraction of sp³-hybridized carbons (Fsp3) is 0.235. The van der Waals surface area contributed by atoms with Gasteiger partial charge in [-0.05, 0) is 35.9 Å². The molecule has 0 saturated heterocycles. The Hall–Kier alpha value is -2.47. The minimum Gasteiger partial charge on any atom is -0.493 e. The molecule has 7 heteroatoms. The third-order valence-electron chi connectivity index (χ3n) is 3.31. The van der Waals surface area contributed by atoms with Crippen LogP contribution in [0.2, 0.25) is 5.02 Å². The van der Waals surface area contributed by atoms with E-state index in [4.69, 9.17) is 21.1 Å². The number of nitrogens with one attached hydrogen (secondary N) is 2. The number of benzene rings is 2. The maximum atomic E-state index is 13.6. The predicted octanol–water partition coefficient (Wildman–Crippen LogP) is 3.22. The summed E-state index contributed by atoms with van der Waals surface area (Å²) in [5.74, 6) is 0.437. The Morgan fingerprint density at radius 1 is 1.12 bits per heavy atom. The van der Waals surface area contributed by atoms with Crippen molar-refractivity contribution in [3.63, 3.8) is 0 Å². The second-order valence-electron chi connectivity index (χ2n) is 4.94. The number of methoxy groups -OCH3 is 2. The molecule has 0 radical (unpaired) electrons. The molecule has 0 bridgehead atoms. The van der Waals surface area contributed by atoms with E-state index in [0.29, 0.717) is 23.1 Å². The van der Waals surface area contributed by atoms with Gasteiger partial charge in [0, 0.05) is 11.6 Å². The average molecular weight is 353 g/mol. The number of hydrogen-bond donors (Lipinski definition) is 2. The van der Waals surface area contributed by atoms with E-state index in [-0.39, 0.29) is 18.1 Å². The molecule has 0 heterocycles. The minimum atomic E-state index is -0.504. The summed E-state index contributed by atoms with van der Waals surface area (Å²) in [4.78, 5) is 11.9. The summed E-state index contributed by atoms with van der Waals surface area (Å²) in [5.41, 5.74) is 1.08. The van der Waals surface area contributed by atoms with Crippen LogP contribution in [0.5, 0.6) is 11.5 Å². The Balaban J connectivity index is 1.87.